The van der Waals surface area contributed by atoms with Crippen LogP contribution in [0, 0.1) is 0 Å². The van der Waals surface area contributed by atoms with Crippen LogP contribution in [0.2, 0.25) is 0 Å². The number of carbonyl (C=O) groups is 1. The fourth-order valence-electron chi connectivity index (χ4n) is 1.34. The average Bonchev–Trinajstić information content (AvgIpc) is 2.75. The number of nitrogen functional groups attached to an aromatic ring is 1. The maximum absolute atomic E-state index is 11.3. The first-order chi connectivity index (χ1) is 7.70. The molecule has 82 valence electrons. The number of ether oxygens (including phenoxy) is 1. The maximum atomic E-state index is 11.3. The van der Waals surface area contributed by atoms with Crippen molar-refractivity contribution in [2.45, 2.75) is 0 Å². The highest BCUT2D eigenvalue weighted by Crippen LogP contribution is 2.27. The molecule has 0 saturated carbocycles. The fourth-order valence-corrected chi connectivity index (χ4v) is 2.02. The van der Waals surface area contributed by atoms with Gasteiger partial charge in [0.05, 0.1) is 17.6 Å². The van der Waals surface area contributed by atoms with Gasteiger partial charge in [0.2, 0.25) is 0 Å². The van der Waals surface area contributed by atoms with Crippen molar-refractivity contribution in [3.8, 4) is 10.4 Å². The van der Waals surface area contributed by atoms with Gasteiger partial charge in [-0.25, -0.2) is 9.78 Å². The van der Waals surface area contributed by atoms with Crippen molar-refractivity contribution in [3.63, 3.8) is 0 Å². The number of esters is 1. The van der Waals surface area contributed by atoms with Crippen LogP contribution in [-0.2, 0) is 4.74 Å². The quantitative estimate of drug-likeness (QED) is 0.809. The predicted molar refractivity (Wildman–Crippen MR) is 63.3 cm³/mol. The van der Waals surface area contributed by atoms with Gasteiger partial charge in [-0.05, 0) is 17.7 Å². The average molecular weight is 234 g/mol. The summed E-state index contributed by atoms with van der Waals surface area (Å²) >= 11 is 1.38. The van der Waals surface area contributed by atoms with Crippen molar-refractivity contribution in [2.75, 3.05) is 12.8 Å². The largest absolute Gasteiger partial charge is 0.465 e. The summed E-state index contributed by atoms with van der Waals surface area (Å²) in [6.45, 7) is 0. The van der Waals surface area contributed by atoms with E-state index in [2.05, 4.69) is 9.72 Å². The van der Waals surface area contributed by atoms with Crippen LogP contribution in [0.4, 0.5) is 5.13 Å². The number of hydrogen-bond donors (Lipinski definition) is 1. The molecule has 0 atom stereocenters. The molecule has 0 aliphatic heterocycles. The van der Waals surface area contributed by atoms with Crippen molar-refractivity contribution in [1.29, 1.82) is 0 Å². The Morgan fingerprint density at radius 1 is 1.50 bits per heavy atom. The number of anilines is 1. The predicted octanol–water partition coefficient (Wildman–Crippen LogP) is 2.18. The SMILES string of the molecule is COC(=O)c1cccc(-c2cnc(N)s2)c1. The van der Waals surface area contributed by atoms with Crippen LogP contribution < -0.4 is 5.73 Å². The van der Waals surface area contributed by atoms with E-state index in [0.29, 0.717) is 10.7 Å². The summed E-state index contributed by atoms with van der Waals surface area (Å²) in [6, 6.07) is 7.18. The summed E-state index contributed by atoms with van der Waals surface area (Å²) in [7, 11) is 1.36. The number of aromatic nitrogens is 1. The molecular weight excluding hydrogens is 224 g/mol. The van der Waals surface area contributed by atoms with Gasteiger partial charge in [0, 0.05) is 6.20 Å². The first-order valence-corrected chi connectivity index (χ1v) is 5.42. The number of benzene rings is 1. The van der Waals surface area contributed by atoms with E-state index in [1.165, 1.54) is 18.4 Å². The first-order valence-electron chi connectivity index (χ1n) is 4.61. The van der Waals surface area contributed by atoms with Crippen molar-refractivity contribution in [1.82, 2.24) is 4.98 Å². The topological polar surface area (TPSA) is 65.2 Å². The normalized spacial score (nSPS) is 10.1. The summed E-state index contributed by atoms with van der Waals surface area (Å²) < 4.78 is 4.66. The van der Waals surface area contributed by atoms with Crippen molar-refractivity contribution in [3.05, 3.63) is 36.0 Å². The molecule has 0 radical (unpaired) electrons. The summed E-state index contributed by atoms with van der Waals surface area (Å²) in [5, 5.41) is 0.512. The molecule has 4 nitrogen and oxygen atoms in total. The molecule has 5 heteroatoms. The molecule has 16 heavy (non-hydrogen) atoms. The Balaban J connectivity index is 2.39. The second kappa shape index (κ2) is 4.32. The Labute approximate surface area is 96.7 Å². The molecule has 0 spiro atoms. The highest BCUT2D eigenvalue weighted by Gasteiger charge is 2.08. The molecule has 0 unspecified atom stereocenters. The van der Waals surface area contributed by atoms with Gasteiger partial charge in [0.25, 0.3) is 0 Å². The first kappa shape index (κ1) is 10.6. The molecule has 2 aromatic rings. The van der Waals surface area contributed by atoms with Crippen molar-refractivity contribution < 1.29 is 9.53 Å². The second-order valence-electron chi connectivity index (χ2n) is 3.14. The number of nitrogens with two attached hydrogens (primary N) is 1. The Morgan fingerprint density at radius 2 is 2.31 bits per heavy atom. The minimum atomic E-state index is -0.348. The van der Waals surface area contributed by atoms with Gasteiger partial charge in [-0.1, -0.05) is 23.5 Å². The Bertz CT molecular complexity index is 522. The lowest BCUT2D eigenvalue weighted by Gasteiger charge is -2.01. The lowest BCUT2D eigenvalue weighted by molar-refractivity contribution is 0.0601. The third kappa shape index (κ3) is 2.04. The molecule has 0 bridgehead atoms. The number of hydrogen-bond acceptors (Lipinski definition) is 5. The summed E-state index contributed by atoms with van der Waals surface area (Å²) in [6.07, 6.45) is 1.69. The monoisotopic (exact) mass is 234 g/mol. The van der Waals surface area contributed by atoms with Gasteiger partial charge in [-0.2, -0.15) is 0 Å². The maximum Gasteiger partial charge on any atom is 0.337 e. The standard InChI is InChI=1S/C11H10N2O2S/c1-15-10(14)8-4-2-3-7(5-8)9-6-13-11(12)16-9/h2-6H,1H3,(H2,12,13). The van der Waals surface area contributed by atoms with Gasteiger partial charge < -0.3 is 10.5 Å². The van der Waals surface area contributed by atoms with Gasteiger partial charge in [-0.3, -0.25) is 0 Å². The smallest absolute Gasteiger partial charge is 0.337 e. The lowest BCUT2D eigenvalue weighted by Crippen LogP contribution is -2.00. The van der Waals surface area contributed by atoms with Crippen LogP contribution in [0.1, 0.15) is 10.4 Å². The molecule has 0 aliphatic carbocycles. The molecule has 1 aromatic carbocycles. The molecule has 2 N–H and O–H groups in total. The van der Waals surface area contributed by atoms with E-state index < -0.39 is 0 Å². The molecule has 0 saturated heterocycles. The number of carbonyl (C=O) groups excluding carboxylic acids is 1. The third-order valence-corrected chi connectivity index (χ3v) is 2.97. The van der Waals surface area contributed by atoms with Crippen LogP contribution in [0.5, 0.6) is 0 Å². The van der Waals surface area contributed by atoms with Crippen LogP contribution in [0.15, 0.2) is 30.5 Å². The molecule has 0 amide bonds. The summed E-state index contributed by atoms with van der Waals surface area (Å²) in [5.41, 5.74) is 6.99. The summed E-state index contributed by atoms with van der Waals surface area (Å²) in [5.74, 6) is -0.348. The zero-order valence-electron chi connectivity index (χ0n) is 8.64. The minimum absolute atomic E-state index is 0.348. The molecule has 1 aromatic heterocycles. The Kier molecular flexibility index (Phi) is 2.87. The van der Waals surface area contributed by atoms with Crippen LogP contribution in [0.25, 0.3) is 10.4 Å². The van der Waals surface area contributed by atoms with Gasteiger partial charge in [0.1, 0.15) is 0 Å². The fraction of sp³-hybridized carbons (Fsp3) is 0.0909. The van der Waals surface area contributed by atoms with Gasteiger partial charge >= 0.3 is 5.97 Å². The van der Waals surface area contributed by atoms with Crippen LogP contribution in [0.3, 0.4) is 0 Å². The van der Waals surface area contributed by atoms with Gasteiger partial charge in [0.15, 0.2) is 5.13 Å². The Morgan fingerprint density at radius 3 is 2.94 bits per heavy atom. The highest BCUT2D eigenvalue weighted by molar-refractivity contribution is 7.18. The molecule has 1 heterocycles. The molecule has 2 rings (SSSR count). The zero-order chi connectivity index (χ0) is 11.5. The highest BCUT2D eigenvalue weighted by atomic mass is 32.1. The Hall–Kier alpha value is -1.88. The van der Waals surface area contributed by atoms with E-state index in [-0.39, 0.29) is 5.97 Å². The zero-order valence-corrected chi connectivity index (χ0v) is 9.45. The molecular formula is C11H10N2O2S. The van der Waals surface area contributed by atoms with Crippen molar-refractivity contribution in [2.24, 2.45) is 0 Å². The van der Waals surface area contributed by atoms with E-state index in [9.17, 15) is 4.79 Å². The van der Waals surface area contributed by atoms with Gasteiger partial charge in [-0.15, -0.1) is 0 Å². The van der Waals surface area contributed by atoms with E-state index in [1.807, 2.05) is 6.07 Å². The van der Waals surface area contributed by atoms with E-state index in [1.54, 1.807) is 24.4 Å². The molecule has 0 aliphatic rings. The second-order valence-corrected chi connectivity index (χ2v) is 4.20. The summed E-state index contributed by atoms with van der Waals surface area (Å²) in [4.78, 5) is 16.2. The molecule has 0 fully saturated rings. The van der Waals surface area contributed by atoms with E-state index in [0.717, 1.165) is 10.4 Å². The number of methoxy groups -OCH3 is 1. The van der Waals surface area contributed by atoms with Crippen LogP contribution in [-0.4, -0.2) is 18.1 Å². The number of nitrogens with zero attached hydrogens (tertiary/aromatic N) is 1. The van der Waals surface area contributed by atoms with E-state index >= 15 is 0 Å². The van der Waals surface area contributed by atoms with Crippen molar-refractivity contribution >= 4 is 22.4 Å². The lowest BCUT2D eigenvalue weighted by atomic mass is 10.1. The number of thiazole rings is 1. The van der Waals surface area contributed by atoms with E-state index in [4.69, 9.17) is 5.73 Å². The van der Waals surface area contributed by atoms with Crippen LogP contribution >= 0.6 is 11.3 Å². The third-order valence-electron chi connectivity index (χ3n) is 2.09. The number of rotatable bonds is 2. The minimum Gasteiger partial charge on any atom is -0.465 e.